The highest BCUT2D eigenvalue weighted by Crippen LogP contribution is 2.38. The third kappa shape index (κ3) is 4.69. The summed E-state index contributed by atoms with van der Waals surface area (Å²) in [7, 11) is 0. The number of aliphatic hydroxyl groups is 1. The zero-order valence-electron chi connectivity index (χ0n) is 13.2. The third-order valence-electron chi connectivity index (χ3n) is 3.51. The number of rotatable bonds is 8. The minimum absolute atomic E-state index is 0.0504. The average molecular weight is 332 g/mol. The van der Waals surface area contributed by atoms with Gasteiger partial charge in [-0.2, -0.15) is 4.98 Å². The summed E-state index contributed by atoms with van der Waals surface area (Å²) in [5, 5.41) is 17.9. The summed E-state index contributed by atoms with van der Waals surface area (Å²) in [4.78, 5) is 15.9. The summed E-state index contributed by atoms with van der Waals surface area (Å²) in [5.41, 5.74) is 0.652. The summed E-state index contributed by atoms with van der Waals surface area (Å²) in [6.45, 7) is 0.719. The van der Waals surface area contributed by atoms with E-state index in [9.17, 15) is 4.79 Å². The van der Waals surface area contributed by atoms with E-state index in [1.54, 1.807) is 24.3 Å². The highest BCUT2D eigenvalue weighted by Gasteiger charge is 2.29. The fourth-order valence-corrected chi connectivity index (χ4v) is 2.06. The topological polar surface area (TPSA) is 110 Å². The van der Waals surface area contributed by atoms with Gasteiger partial charge in [-0.1, -0.05) is 5.16 Å². The smallest absolute Gasteiger partial charge is 0.319 e. The maximum absolute atomic E-state index is 11.6. The molecule has 0 saturated heterocycles. The van der Waals surface area contributed by atoms with Crippen molar-refractivity contribution in [3.8, 4) is 5.75 Å². The molecule has 3 rings (SSSR count). The maximum Gasteiger partial charge on any atom is 0.319 e. The van der Waals surface area contributed by atoms with Crippen molar-refractivity contribution >= 4 is 11.7 Å². The van der Waals surface area contributed by atoms with E-state index in [0.29, 0.717) is 42.0 Å². The van der Waals surface area contributed by atoms with E-state index in [1.165, 1.54) is 0 Å². The van der Waals surface area contributed by atoms with E-state index in [0.717, 1.165) is 12.8 Å². The number of amides is 2. The molecule has 2 amide bonds. The molecule has 1 aromatic heterocycles. The van der Waals surface area contributed by atoms with Crippen LogP contribution in [0.3, 0.4) is 0 Å². The number of carbonyl (C=O) groups is 1. The van der Waals surface area contributed by atoms with Gasteiger partial charge < -0.3 is 25.0 Å². The second kappa shape index (κ2) is 7.78. The number of hydrogen-bond acceptors (Lipinski definition) is 6. The number of nitrogens with one attached hydrogen (secondary N) is 2. The predicted octanol–water partition coefficient (Wildman–Crippen LogP) is 2.03. The molecule has 1 fully saturated rings. The Morgan fingerprint density at radius 2 is 2.12 bits per heavy atom. The molecule has 0 bridgehead atoms. The summed E-state index contributed by atoms with van der Waals surface area (Å²) in [6.07, 6.45) is 2.76. The lowest BCUT2D eigenvalue weighted by Crippen LogP contribution is -2.29. The van der Waals surface area contributed by atoms with Crippen molar-refractivity contribution in [2.45, 2.75) is 31.8 Å². The van der Waals surface area contributed by atoms with Crippen LogP contribution >= 0.6 is 0 Å². The molecule has 3 N–H and O–H groups in total. The first-order valence-electron chi connectivity index (χ1n) is 7.95. The molecular weight excluding hydrogens is 312 g/mol. The Balaban J connectivity index is 1.44. The molecule has 1 heterocycles. The van der Waals surface area contributed by atoms with Gasteiger partial charge in [-0.15, -0.1) is 0 Å². The normalized spacial score (nSPS) is 13.5. The molecule has 2 aromatic rings. The monoisotopic (exact) mass is 332 g/mol. The van der Waals surface area contributed by atoms with Crippen molar-refractivity contribution in [3.05, 3.63) is 36.0 Å². The van der Waals surface area contributed by atoms with Crippen LogP contribution in [0.15, 0.2) is 28.8 Å². The van der Waals surface area contributed by atoms with Crippen LogP contribution in [0.1, 0.15) is 36.9 Å². The number of hydrogen-bond donors (Lipinski definition) is 3. The van der Waals surface area contributed by atoms with Crippen molar-refractivity contribution in [2.24, 2.45) is 0 Å². The van der Waals surface area contributed by atoms with Crippen LogP contribution in [0.4, 0.5) is 10.5 Å². The number of ether oxygens (including phenoxy) is 1. The van der Waals surface area contributed by atoms with Crippen molar-refractivity contribution in [1.29, 1.82) is 0 Å². The molecule has 128 valence electrons. The molecule has 0 unspecified atom stereocenters. The van der Waals surface area contributed by atoms with Gasteiger partial charge in [0.15, 0.2) is 6.61 Å². The fourth-order valence-electron chi connectivity index (χ4n) is 2.06. The second-order valence-corrected chi connectivity index (χ2v) is 5.59. The lowest BCUT2D eigenvalue weighted by Gasteiger charge is -2.08. The largest absolute Gasteiger partial charge is 0.485 e. The first-order valence-corrected chi connectivity index (χ1v) is 7.95. The highest BCUT2D eigenvalue weighted by molar-refractivity contribution is 5.89. The van der Waals surface area contributed by atoms with E-state index >= 15 is 0 Å². The van der Waals surface area contributed by atoms with Gasteiger partial charge in [0.25, 0.3) is 0 Å². The van der Waals surface area contributed by atoms with Crippen LogP contribution < -0.4 is 15.4 Å². The molecule has 8 nitrogen and oxygen atoms in total. The van der Waals surface area contributed by atoms with Gasteiger partial charge in [0, 0.05) is 24.8 Å². The lowest BCUT2D eigenvalue weighted by atomic mass is 10.3. The molecule has 1 aliphatic rings. The Morgan fingerprint density at radius 1 is 1.33 bits per heavy atom. The Bertz CT molecular complexity index is 667. The van der Waals surface area contributed by atoms with Gasteiger partial charge in [0.05, 0.1) is 0 Å². The first kappa shape index (κ1) is 16.3. The zero-order chi connectivity index (χ0) is 16.8. The Hall–Kier alpha value is -2.61. The Kier molecular flexibility index (Phi) is 5.27. The molecule has 0 aliphatic heterocycles. The van der Waals surface area contributed by atoms with Crippen molar-refractivity contribution in [2.75, 3.05) is 18.5 Å². The van der Waals surface area contributed by atoms with Gasteiger partial charge >= 0.3 is 6.03 Å². The molecule has 0 radical (unpaired) electrons. The van der Waals surface area contributed by atoms with Crippen LogP contribution in [0.2, 0.25) is 0 Å². The van der Waals surface area contributed by atoms with Crippen LogP contribution in [0.5, 0.6) is 5.75 Å². The average Bonchev–Trinajstić information content (AvgIpc) is 3.33. The molecule has 1 aromatic carbocycles. The number of benzene rings is 1. The number of aromatic nitrogens is 2. The van der Waals surface area contributed by atoms with Crippen molar-refractivity contribution in [3.63, 3.8) is 0 Å². The molecule has 1 aliphatic carbocycles. The number of anilines is 1. The van der Waals surface area contributed by atoms with Crippen LogP contribution in [-0.4, -0.2) is 34.4 Å². The van der Waals surface area contributed by atoms with E-state index in [-0.39, 0.29) is 19.2 Å². The SMILES string of the molecule is O=C(NCCCO)Nc1ccc(OCc2noc(C3CC3)n2)cc1. The third-order valence-corrected chi connectivity index (χ3v) is 3.51. The lowest BCUT2D eigenvalue weighted by molar-refractivity contribution is 0.249. The molecular formula is C16H20N4O4. The number of aliphatic hydroxyl groups excluding tert-OH is 1. The van der Waals surface area contributed by atoms with Crippen molar-refractivity contribution < 1.29 is 19.2 Å². The standard InChI is InChI=1S/C16H20N4O4/c21-9-1-8-17-16(22)18-12-4-6-13(7-5-12)23-10-14-19-15(24-20-14)11-2-3-11/h4-7,11,21H,1-3,8-10H2,(H2,17,18,22). The van der Waals surface area contributed by atoms with E-state index in [4.69, 9.17) is 14.4 Å². The number of carbonyl (C=O) groups excluding carboxylic acids is 1. The molecule has 0 spiro atoms. The molecule has 24 heavy (non-hydrogen) atoms. The summed E-state index contributed by atoms with van der Waals surface area (Å²) < 4.78 is 10.8. The van der Waals surface area contributed by atoms with Crippen molar-refractivity contribution in [1.82, 2.24) is 15.5 Å². The minimum Gasteiger partial charge on any atom is -0.485 e. The predicted molar refractivity (Wildman–Crippen MR) is 85.8 cm³/mol. The molecule has 0 atom stereocenters. The molecule has 8 heteroatoms. The summed E-state index contributed by atoms with van der Waals surface area (Å²) >= 11 is 0. The first-order chi connectivity index (χ1) is 11.7. The van der Waals surface area contributed by atoms with E-state index in [2.05, 4.69) is 20.8 Å². The van der Waals surface area contributed by atoms with E-state index < -0.39 is 0 Å². The minimum atomic E-state index is -0.309. The van der Waals surface area contributed by atoms with Crippen LogP contribution in [0.25, 0.3) is 0 Å². The van der Waals surface area contributed by atoms with Crippen LogP contribution in [0, 0.1) is 0 Å². The number of nitrogens with zero attached hydrogens (tertiary/aromatic N) is 2. The highest BCUT2D eigenvalue weighted by atomic mass is 16.5. The Morgan fingerprint density at radius 3 is 2.83 bits per heavy atom. The molecule has 1 saturated carbocycles. The quantitative estimate of drug-likeness (QED) is 0.638. The van der Waals surface area contributed by atoms with Gasteiger partial charge in [0.2, 0.25) is 11.7 Å². The van der Waals surface area contributed by atoms with Gasteiger partial charge in [0.1, 0.15) is 5.75 Å². The fraction of sp³-hybridized carbons (Fsp3) is 0.438. The zero-order valence-corrected chi connectivity index (χ0v) is 13.2. The van der Waals surface area contributed by atoms with Gasteiger partial charge in [-0.05, 0) is 43.5 Å². The summed E-state index contributed by atoms with van der Waals surface area (Å²) in [5.74, 6) is 2.31. The maximum atomic E-state index is 11.6. The Labute approximate surface area is 139 Å². The second-order valence-electron chi connectivity index (χ2n) is 5.59. The van der Waals surface area contributed by atoms with Crippen LogP contribution in [-0.2, 0) is 6.61 Å². The number of urea groups is 1. The van der Waals surface area contributed by atoms with Gasteiger partial charge in [-0.3, -0.25) is 0 Å². The summed E-state index contributed by atoms with van der Waals surface area (Å²) in [6, 6.07) is 6.69. The van der Waals surface area contributed by atoms with Gasteiger partial charge in [-0.25, -0.2) is 4.79 Å². The van der Waals surface area contributed by atoms with E-state index in [1.807, 2.05) is 0 Å².